The molecule has 0 spiro atoms. The quantitative estimate of drug-likeness (QED) is 0.202. The van der Waals surface area contributed by atoms with E-state index in [9.17, 15) is 18.0 Å². The van der Waals surface area contributed by atoms with E-state index < -0.39 is 10.0 Å². The summed E-state index contributed by atoms with van der Waals surface area (Å²) in [6.07, 6.45) is 8.61. The van der Waals surface area contributed by atoms with Crippen LogP contribution >= 0.6 is 0 Å². The van der Waals surface area contributed by atoms with Crippen molar-refractivity contribution in [1.29, 1.82) is 0 Å². The van der Waals surface area contributed by atoms with Gasteiger partial charge in [0.1, 0.15) is 11.6 Å². The molecule has 0 radical (unpaired) electrons. The molecular weight excluding hydrogens is 671 g/mol. The number of nitrogens with one attached hydrogen (secondary N) is 2. The minimum absolute atomic E-state index is 0.114. The largest absolute Gasteiger partial charge is 0.352 e. The topological polar surface area (TPSA) is 173 Å². The molecule has 8 rings (SSSR count). The second-order valence-corrected chi connectivity index (χ2v) is 15.8. The van der Waals surface area contributed by atoms with E-state index in [1.165, 1.54) is 12.4 Å². The summed E-state index contributed by atoms with van der Waals surface area (Å²) in [5.74, 6) is 1.66. The Bertz CT molecular complexity index is 2240. The Morgan fingerprint density at radius 2 is 1.80 bits per heavy atom. The highest BCUT2D eigenvalue weighted by atomic mass is 32.2. The van der Waals surface area contributed by atoms with Gasteiger partial charge in [0, 0.05) is 63.6 Å². The van der Waals surface area contributed by atoms with Crippen LogP contribution in [-0.2, 0) is 26.2 Å². The number of benzene rings is 1. The summed E-state index contributed by atoms with van der Waals surface area (Å²) in [6.45, 7) is 8.30. The van der Waals surface area contributed by atoms with Crippen molar-refractivity contribution in [2.45, 2.75) is 63.3 Å². The van der Waals surface area contributed by atoms with E-state index in [-0.39, 0.29) is 29.0 Å². The zero-order chi connectivity index (χ0) is 35.3. The average molecular weight is 710 g/mol. The SMILES string of the molecule is CC(C)n1nc(N2CCN(Cc3cccc(C4CCC(=O)NC4=O)c3)CC2)c2cnc(Nc3ccnc(-c4cnn(S(=O)(=O)C5CC5)c4)n3)cc21. The molecule has 264 valence electrons. The second kappa shape index (κ2) is 13.2. The van der Waals surface area contributed by atoms with Crippen molar-refractivity contribution in [3.8, 4) is 11.4 Å². The number of piperidine rings is 1. The molecule has 0 bridgehead atoms. The van der Waals surface area contributed by atoms with Gasteiger partial charge < -0.3 is 10.2 Å². The maximum atomic E-state index is 12.6. The predicted octanol–water partition coefficient (Wildman–Crippen LogP) is 3.59. The maximum absolute atomic E-state index is 12.6. The summed E-state index contributed by atoms with van der Waals surface area (Å²) in [7, 11) is -3.48. The number of hydrogen-bond acceptors (Lipinski definition) is 12. The second-order valence-electron chi connectivity index (χ2n) is 13.7. The highest BCUT2D eigenvalue weighted by Crippen LogP contribution is 2.33. The summed E-state index contributed by atoms with van der Waals surface area (Å²) < 4.78 is 28.2. The van der Waals surface area contributed by atoms with Crippen molar-refractivity contribution in [3.05, 3.63) is 72.3 Å². The normalized spacial score (nSPS) is 18.8. The number of carbonyl (C=O) groups excluding carboxylic acids is 2. The van der Waals surface area contributed by atoms with E-state index in [4.69, 9.17) is 10.1 Å². The molecule has 1 aromatic carbocycles. The number of imide groups is 1. The van der Waals surface area contributed by atoms with Crippen LogP contribution < -0.4 is 15.5 Å². The van der Waals surface area contributed by atoms with Gasteiger partial charge in [-0.15, -0.1) is 0 Å². The van der Waals surface area contributed by atoms with Crippen LogP contribution in [0.2, 0.25) is 0 Å². The third-order valence-electron chi connectivity index (χ3n) is 9.67. The number of fused-ring (bicyclic) bond motifs is 1. The zero-order valence-corrected chi connectivity index (χ0v) is 29.3. The first-order valence-electron chi connectivity index (χ1n) is 17.3. The molecule has 2 saturated heterocycles. The lowest BCUT2D eigenvalue weighted by Gasteiger charge is -2.35. The van der Waals surface area contributed by atoms with Crippen molar-refractivity contribution in [2.75, 3.05) is 36.4 Å². The first-order valence-corrected chi connectivity index (χ1v) is 18.8. The van der Waals surface area contributed by atoms with Gasteiger partial charge in [-0.3, -0.25) is 24.5 Å². The van der Waals surface area contributed by atoms with E-state index in [0.717, 1.165) is 64.7 Å². The zero-order valence-electron chi connectivity index (χ0n) is 28.4. The lowest BCUT2D eigenvalue weighted by Crippen LogP contribution is -2.46. The number of hydrogen-bond donors (Lipinski definition) is 2. The molecule has 1 unspecified atom stereocenters. The molecule has 4 aromatic heterocycles. The van der Waals surface area contributed by atoms with Gasteiger partial charge in [0.2, 0.25) is 11.8 Å². The first-order chi connectivity index (χ1) is 24.6. The third kappa shape index (κ3) is 6.68. The van der Waals surface area contributed by atoms with Gasteiger partial charge >= 0.3 is 0 Å². The lowest BCUT2D eigenvalue weighted by atomic mass is 9.89. The molecule has 1 atom stereocenters. The number of amides is 2. The van der Waals surface area contributed by atoms with Crippen molar-refractivity contribution < 1.29 is 18.0 Å². The Hall–Kier alpha value is -5.22. The Morgan fingerprint density at radius 3 is 2.57 bits per heavy atom. The number of nitrogens with zero attached hydrogens (tertiary/aromatic N) is 9. The standard InChI is InChI=1S/C35H39N11O4S/c1-22(2)46-29-17-31(39-30-10-11-36-33(40-30)25-18-38-45(21-25)51(49,50)26-6-7-26)37-19-28(29)34(42-46)44-14-12-43(13-15-44)20-23-4-3-5-24(16-23)27-8-9-32(47)41-35(27)48/h3-5,10-11,16-19,21-22,26-27H,6-9,12-15,20H2,1-2H3,(H,41,47,48)(H,36,37,39,40). The van der Waals surface area contributed by atoms with Gasteiger partial charge in [-0.25, -0.2) is 23.4 Å². The van der Waals surface area contributed by atoms with Crippen LogP contribution in [0.3, 0.4) is 0 Å². The summed E-state index contributed by atoms with van der Waals surface area (Å²) in [5.41, 5.74) is 3.56. The number of anilines is 3. The van der Waals surface area contributed by atoms with Crippen LogP contribution in [0.15, 0.2) is 61.2 Å². The van der Waals surface area contributed by atoms with Gasteiger partial charge in [0.25, 0.3) is 10.0 Å². The lowest BCUT2D eigenvalue weighted by molar-refractivity contribution is -0.134. The summed E-state index contributed by atoms with van der Waals surface area (Å²) in [6, 6.07) is 12.0. The van der Waals surface area contributed by atoms with Gasteiger partial charge in [-0.1, -0.05) is 24.3 Å². The minimum atomic E-state index is -3.48. The van der Waals surface area contributed by atoms with Crippen LogP contribution in [0, 0.1) is 0 Å². The minimum Gasteiger partial charge on any atom is -0.352 e. The highest BCUT2D eigenvalue weighted by Gasteiger charge is 2.38. The smallest absolute Gasteiger partial charge is 0.256 e. The molecule has 16 heteroatoms. The Labute approximate surface area is 295 Å². The molecule has 1 aliphatic carbocycles. The van der Waals surface area contributed by atoms with Crippen molar-refractivity contribution in [3.63, 3.8) is 0 Å². The van der Waals surface area contributed by atoms with Crippen LogP contribution in [-0.4, -0.2) is 90.5 Å². The molecule has 1 saturated carbocycles. The van der Waals surface area contributed by atoms with E-state index in [1.807, 2.05) is 29.1 Å². The molecule has 2 aliphatic heterocycles. The number of pyridine rings is 1. The van der Waals surface area contributed by atoms with Gasteiger partial charge in [-0.05, 0) is 50.3 Å². The summed E-state index contributed by atoms with van der Waals surface area (Å²) in [5, 5.41) is 15.5. The maximum Gasteiger partial charge on any atom is 0.256 e. The molecule has 3 fully saturated rings. The van der Waals surface area contributed by atoms with Crippen molar-refractivity contribution in [1.82, 2.24) is 44.1 Å². The monoisotopic (exact) mass is 709 g/mol. The van der Waals surface area contributed by atoms with Gasteiger partial charge in [0.05, 0.1) is 40.0 Å². The summed E-state index contributed by atoms with van der Waals surface area (Å²) >= 11 is 0. The summed E-state index contributed by atoms with van der Waals surface area (Å²) in [4.78, 5) is 42.4. The fraction of sp³-hybridized carbons (Fsp3) is 0.400. The van der Waals surface area contributed by atoms with Crippen molar-refractivity contribution in [2.24, 2.45) is 0 Å². The fourth-order valence-corrected chi connectivity index (χ4v) is 8.26. The molecule has 51 heavy (non-hydrogen) atoms. The number of rotatable bonds is 10. The average Bonchev–Trinajstić information content (AvgIpc) is 3.74. The van der Waals surface area contributed by atoms with Crippen LogP contribution in [0.1, 0.15) is 62.6 Å². The number of carbonyl (C=O) groups is 2. The van der Waals surface area contributed by atoms with Crippen LogP contribution in [0.25, 0.3) is 22.3 Å². The van der Waals surface area contributed by atoms with E-state index in [1.54, 1.807) is 12.3 Å². The molecule has 3 aliphatic rings. The van der Waals surface area contributed by atoms with E-state index >= 15 is 0 Å². The van der Waals surface area contributed by atoms with Crippen molar-refractivity contribution >= 4 is 50.2 Å². The Morgan fingerprint density at radius 1 is 0.980 bits per heavy atom. The van der Waals surface area contributed by atoms with E-state index in [2.05, 4.69) is 61.5 Å². The molecular formula is C35H39N11O4S. The van der Waals surface area contributed by atoms with Crippen LogP contribution in [0.5, 0.6) is 0 Å². The predicted molar refractivity (Wildman–Crippen MR) is 191 cm³/mol. The highest BCUT2D eigenvalue weighted by molar-refractivity contribution is 7.90. The Kier molecular flexibility index (Phi) is 8.50. The van der Waals surface area contributed by atoms with Gasteiger partial charge in [-0.2, -0.15) is 14.3 Å². The molecule has 5 aromatic rings. The first kappa shape index (κ1) is 33.0. The molecule has 2 N–H and O–H groups in total. The third-order valence-corrected chi connectivity index (χ3v) is 11.7. The molecule has 15 nitrogen and oxygen atoms in total. The fourth-order valence-electron chi connectivity index (χ4n) is 6.78. The number of piperazine rings is 1. The molecule has 6 heterocycles. The van der Waals surface area contributed by atoms with E-state index in [0.29, 0.717) is 48.7 Å². The van der Waals surface area contributed by atoms with Gasteiger partial charge in [0.15, 0.2) is 11.6 Å². The Balaban J connectivity index is 0.951. The number of aromatic nitrogens is 7. The molecule has 2 amide bonds. The van der Waals surface area contributed by atoms with Crippen LogP contribution in [0.4, 0.5) is 17.5 Å².